The fourth-order valence-electron chi connectivity index (χ4n) is 3.04. The Kier molecular flexibility index (Phi) is 3.86. The maximum Gasteiger partial charge on any atom is 0.137 e. The minimum absolute atomic E-state index is 0.786. The summed E-state index contributed by atoms with van der Waals surface area (Å²) in [5.41, 5.74) is 4.39. The lowest BCUT2D eigenvalue weighted by atomic mass is 10.1. The smallest absolute Gasteiger partial charge is 0.137 e. The number of hydrogen-bond donors (Lipinski definition) is 2. The van der Waals surface area contributed by atoms with Gasteiger partial charge in [-0.2, -0.15) is 0 Å². The third kappa shape index (κ3) is 2.71. The van der Waals surface area contributed by atoms with E-state index in [-0.39, 0.29) is 0 Å². The van der Waals surface area contributed by atoms with Gasteiger partial charge in [-0.3, -0.25) is 4.98 Å². The van der Waals surface area contributed by atoms with Crippen LogP contribution in [0.2, 0.25) is 0 Å². The highest BCUT2D eigenvalue weighted by Gasteiger charge is 2.19. The SMILES string of the molecule is CCN1CNc2cc3c(NCCc4ccccn4)ncnc3cc21. The Morgan fingerprint density at radius 2 is 2.17 bits per heavy atom. The molecular weight excluding hydrogens is 300 g/mol. The number of pyridine rings is 1. The summed E-state index contributed by atoms with van der Waals surface area (Å²) in [6.07, 6.45) is 4.31. The molecule has 0 radical (unpaired) electrons. The zero-order valence-corrected chi connectivity index (χ0v) is 13.7. The van der Waals surface area contributed by atoms with E-state index in [2.05, 4.69) is 49.5 Å². The van der Waals surface area contributed by atoms with Gasteiger partial charge in [0.25, 0.3) is 0 Å². The number of benzene rings is 1. The fourth-order valence-corrected chi connectivity index (χ4v) is 3.04. The maximum atomic E-state index is 4.44. The summed E-state index contributed by atoms with van der Waals surface area (Å²) in [5, 5.41) is 7.90. The van der Waals surface area contributed by atoms with Crippen LogP contribution in [-0.4, -0.2) is 34.7 Å². The molecule has 3 heterocycles. The van der Waals surface area contributed by atoms with E-state index in [1.165, 1.54) is 5.69 Å². The second kappa shape index (κ2) is 6.31. The van der Waals surface area contributed by atoms with Gasteiger partial charge in [0.05, 0.1) is 23.6 Å². The van der Waals surface area contributed by atoms with Gasteiger partial charge in [0.1, 0.15) is 12.1 Å². The lowest BCUT2D eigenvalue weighted by Crippen LogP contribution is -2.21. The van der Waals surface area contributed by atoms with Gasteiger partial charge in [-0.1, -0.05) is 6.07 Å². The second-order valence-corrected chi connectivity index (χ2v) is 5.80. The van der Waals surface area contributed by atoms with Crippen LogP contribution in [0, 0.1) is 0 Å². The van der Waals surface area contributed by atoms with E-state index >= 15 is 0 Å². The van der Waals surface area contributed by atoms with Crippen LogP contribution in [0.4, 0.5) is 17.2 Å². The van der Waals surface area contributed by atoms with Crippen molar-refractivity contribution in [3.05, 3.63) is 48.5 Å². The third-order valence-corrected chi connectivity index (χ3v) is 4.34. The quantitative estimate of drug-likeness (QED) is 0.753. The van der Waals surface area contributed by atoms with Crippen molar-refractivity contribution in [2.45, 2.75) is 13.3 Å². The van der Waals surface area contributed by atoms with Crippen molar-refractivity contribution in [3.63, 3.8) is 0 Å². The Morgan fingerprint density at radius 3 is 3.00 bits per heavy atom. The van der Waals surface area contributed by atoms with E-state index in [4.69, 9.17) is 0 Å². The Bertz CT molecular complexity index is 849. The van der Waals surface area contributed by atoms with E-state index in [0.29, 0.717) is 0 Å². The Hall–Kier alpha value is -2.89. The molecule has 0 unspecified atom stereocenters. The van der Waals surface area contributed by atoms with Crippen LogP contribution in [0.15, 0.2) is 42.9 Å². The van der Waals surface area contributed by atoms with Gasteiger partial charge in [0.2, 0.25) is 0 Å². The molecule has 1 aliphatic rings. The van der Waals surface area contributed by atoms with Gasteiger partial charge in [-0.05, 0) is 31.2 Å². The molecule has 24 heavy (non-hydrogen) atoms. The van der Waals surface area contributed by atoms with Crippen LogP contribution in [0.5, 0.6) is 0 Å². The molecule has 0 atom stereocenters. The minimum Gasteiger partial charge on any atom is -0.369 e. The Labute approximate surface area is 141 Å². The normalized spacial score (nSPS) is 13.0. The molecule has 2 N–H and O–H groups in total. The maximum absolute atomic E-state index is 4.44. The van der Waals surface area contributed by atoms with Crippen LogP contribution in [0.25, 0.3) is 10.9 Å². The predicted octanol–water partition coefficient (Wildman–Crippen LogP) is 2.89. The summed E-state index contributed by atoms with van der Waals surface area (Å²) >= 11 is 0. The summed E-state index contributed by atoms with van der Waals surface area (Å²) in [6.45, 7) is 4.77. The van der Waals surface area contributed by atoms with Crippen molar-refractivity contribution < 1.29 is 0 Å². The summed E-state index contributed by atoms with van der Waals surface area (Å²) in [7, 11) is 0. The van der Waals surface area contributed by atoms with Crippen LogP contribution in [0.3, 0.4) is 0 Å². The first kappa shape index (κ1) is 14.7. The highest BCUT2D eigenvalue weighted by molar-refractivity contribution is 5.97. The molecule has 0 saturated carbocycles. The number of anilines is 3. The molecule has 6 nitrogen and oxygen atoms in total. The lowest BCUT2D eigenvalue weighted by Gasteiger charge is -2.15. The average Bonchev–Trinajstić information content (AvgIpc) is 3.03. The van der Waals surface area contributed by atoms with Gasteiger partial charge in [-0.25, -0.2) is 9.97 Å². The van der Waals surface area contributed by atoms with Gasteiger partial charge >= 0.3 is 0 Å². The van der Waals surface area contributed by atoms with E-state index in [0.717, 1.165) is 54.3 Å². The zero-order chi connectivity index (χ0) is 16.4. The molecule has 0 fully saturated rings. The number of aromatic nitrogens is 3. The first-order chi connectivity index (χ1) is 11.8. The standard InChI is InChI=1S/C18H20N6/c1-2-24-12-23-16-9-14-15(10-17(16)24)21-11-22-18(14)20-8-6-13-5-3-4-7-19-13/h3-5,7,9-11,23H,2,6,8,12H2,1H3,(H,20,21,22). The average molecular weight is 320 g/mol. The third-order valence-electron chi connectivity index (χ3n) is 4.34. The van der Waals surface area contributed by atoms with Crippen LogP contribution in [-0.2, 0) is 6.42 Å². The van der Waals surface area contributed by atoms with Crippen molar-refractivity contribution in [2.24, 2.45) is 0 Å². The number of fused-ring (bicyclic) bond motifs is 2. The molecule has 6 heteroatoms. The largest absolute Gasteiger partial charge is 0.369 e. The summed E-state index contributed by atoms with van der Waals surface area (Å²) in [5.74, 6) is 0.871. The fraction of sp³-hybridized carbons (Fsp3) is 0.278. The molecular formula is C18H20N6. The van der Waals surface area contributed by atoms with Crippen LogP contribution < -0.4 is 15.5 Å². The summed E-state index contributed by atoms with van der Waals surface area (Å²) in [6, 6.07) is 10.3. The molecule has 0 saturated heterocycles. The van der Waals surface area contributed by atoms with Crippen molar-refractivity contribution >= 4 is 28.1 Å². The molecule has 0 amide bonds. The van der Waals surface area contributed by atoms with Crippen molar-refractivity contribution in [3.8, 4) is 0 Å². The zero-order valence-electron chi connectivity index (χ0n) is 13.7. The molecule has 0 aliphatic carbocycles. The van der Waals surface area contributed by atoms with Crippen LogP contribution in [0.1, 0.15) is 12.6 Å². The lowest BCUT2D eigenvalue weighted by molar-refractivity contribution is 0.911. The molecule has 0 bridgehead atoms. The topological polar surface area (TPSA) is 66.0 Å². The van der Waals surface area contributed by atoms with E-state index < -0.39 is 0 Å². The van der Waals surface area contributed by atoms with E-state index in [1.807, 2.05) is 24.4 Å². The Morgan fingerprint density at radius 1 is 1.21 bits per heavy atom. The van der Waals surface area contributed by atoms with Crippen LogP contribution >= 0.6 is 0 Å². The van der Waals surface area contributed by atoms with Gasteiger partial charge in [-0.15, -0.1) is 0 Å². The number of hydrogen-bond acceptors (Lipinski definition) is 6. The number of nitrogens with one attached hydrogen (secondary N) is 2. The molecule has 0 spiro atoms. The molecule has 3 aromatic rings. The Balaban J connectivity index is 1.57. The monoisotopic (exact) mass is 320 g/mol. The second-order valence-electron chi connectivity index (χ2n) is 5.80. The van der Waals surface area contributed by atoms with Gasteiger partial charge in [0.15, 0.2) is 0 Å². The van der Waals surface area contributed by atoms with Gasteiger partial charge in [0, 0.05) is 36.8 Å². The predicted molar refractivity (Wildman–Crippen MR) is 97.5 cm³/mol. The van der Waals surface area contributed by atoms with Crippen molar-refractivity contribution in [1.29, 1.82) is 0 Å². The molecule has 4 rings (SSSR count). The molecule has 2 aromatic heterocycles. The summed E-state index contributed by atoms with van der Waals surface area (Å²) in [4.78, 5) is 15.5. The first-order valence-electron chi connectivity index (χ1n) is 8.26. The van der Waals surface area contributed by atoms with Gasteiger partial charge < -0.3 is 15.5 Å². The molecule has 122 valence electrons. The molecule has 1 aromatic carbocycles. The molecule has 1 aliphatic heterocycles. The van der Waals surface area contributed by atoms with E-state index in [9.17, 15) is 0 Å². The highest BCUT2D eigenvalue weighted by Crippen LogP contribution is 2.36. The minimum atomic E-state index is 0.786. The van der Waals surface area contributed by atoms with Crippen molar-refractivity contribution in [1.82, 2.24) is 15.0 Å². The highest BCUT2D eigenvalue weighted by atomic mass is 15.3. The number of rotatable bonds is 5. The summed E-state index contributed by atoms with van der Waals surface area (Å²) < 4.78 is 0. The van der Waals surface area contributed by atoms with E-state index in [1.54, 1.807) is 6.33 Å². The van der Waals surface area contributed by atoms with Crippen molar-refractivity contribution in [2.75, 3.05) is 35.3 Å². The number of nitrogens with zero attached hydrogens (tertiary/aromatic N) is 4. The first-order valence-corrected chi connectivity index (χ1v) is 8.26.